The first-order valence-electron chi connectivity index (χ1n) is 4.85. The van der Waals surface area contributed by atoms with Crippen molar-refractivity contribution in [2.24, 2.45) is 10.9 Å². The summed E-state index contributed by atoms with van der Waals surface area (Å²) in [6.45, 7) is 5.75. The maximum Gasteiger partial charge on any atom is 0.118 e. The standard InChI is InChI=1S/C12H16FN/c1-4-12(13)6-5-9(2)11-7-10(3)14-8-11/h4-6,8-9H,7H2,1-3H3/b6-5-,12-4+. The normalized spacial score (nSPS) is 19.9. The molecule has 0 amide bonds. The Balaban J connectivity index is 2.52. The zero-order chi connectivity index (χ0) is 10.6. The highest BCUT2D eigenvalue weighted by molar-refractivity contribution is 5.87. The van der Waals surface area contributed by atoms with Gasteiger partial charge in [-0.25, -0.2) is 4.39 Å². The Morgan fingerprint density at radius 3 is 2.86 bits per heavy atom. The second-order valence-electron chi connectivity index (χ2n) is 3.57. The van der Waals surface area contributed by atoms with Crippen molar-refractivity contribution < 1.29 is 4.39 Å². The molecule has 1 aliphatic heterocycles. The fourth-order valence-corrected chi connectivity index (χ4v) is 1.31. The fourth-order valence-electron chi connectivity index (χ4n) is 1.31. The predicted octanol–water partition coefficient (Wildman–Crippen LogP) is 3.80. The molecule has 1 rings (SSSR count). The van der Waals surface area contributed by atoms with Gasteiger partial charge >= 0.3 is 0 Å². The molecular formula is C12H16FN. The summed E-state index contributed by atoms with van der Waals surface area (Å²) in [6.07, 6.45) is 7.64. The maximum atomic E-state index is 12.8. The molecule has 76 valence electrons. The molecule has 0 aliphatic carbocycles. The van der Waals surface area contributed by atoms with Crippen molar-refractivity contribution in [1.82, 2.24) is 0 Å². The van der Waals surface area contributed by atoms with Crippen molar-refractivity contribution in [2.45, 2.75) is 27.2 Å². The topological polar surface area (TPSA) is 12.4 Å². The number of hydrogen-bond acceptors (Lipinski definition) is 1. The van der Waals surface area contributed by atoms with E-state index in [1.54, 1.807) is 6.92 Å². The lowest BCUT2D eigenvalue weighted by Crippen LogP contribution is -1.96. The fraction of sp³-hybridized carbons (Fsp3) is 0.417. The van der Waals surface area contributed by atoms with E-state index in [0.717, 1.165) is 12.1 Å². The van der Waals surface area contributed by atoms with Crippen LogP contribution in [0.25, 0.3) is 0 Å². The first kappa shape index (κ1) is 10.9. The van der Waals surface area contributed by atoms with Gasteiger partial charge in [0.25, 0.3) is 0 Å². The third-order valence-electron chi connectivity index (χ3n) is 2.32. The van der Waals surface area contributed by atoms with E-state index in [0.29, 0.717) is 0 Å². The smallest absolute Gasteiger partial charge is 0.118 e. The quantitative estimate of drug-likeness (QED) is 0.604. The Morgan fingerprint density at radius 2 is 2.36 bits per heavy atom. The number of nitrogens with zero attached hydrogens (tertiary/aromatic N) is 1. The predicted molar refractivity (Wildman–Crippen MR) is 59.0 cm³/mol. The molecule has 1 aliphatic rings. The molecule has 2 heteroatoms. The molecule has 1 unspecified atom stereocenters. The van der Waals surface area contributed by atoms with Crippen molar-refractivity contribution >= 4 is 5.71 Å². The van der Waals surface area contributed by atoms with E-state index in [9.17, 15) is 4.39 Å². The van der Waals surface area contributed by atoms with Gasteiger partial charge in [0, 0.05) is 18.3 Å². The lowest BCUT2D eigenvalue weighted by molar-refractivity contribution is 0.662. The molecule has 0 spiro atoms. The van der Waals surface area contributed by atoms with Gasteiger partial charge in [-0.1, -0.05) is 19.1 Å². The second-order valence-corrected chi connectivity index (χ2v) is 3.57. The van der Waals surface area contributed by atoms with Gasteiger partial charge in [-0.05, 0) is 31.4 Å². The molecule has 1 nitrogen and oxygen atoms in total. The lowest BCUT2D eigenvalue weighted by atomic mass is 9.98. The van der Waals surface area contributed by atoms with Crippen LogP contribution in [0.4, 0.5) is 4.39 Å². The molecule has 1 heterocycles. The zero-order valence-corrected chi connectivity index (χ0v) is 8.92. The summed E-state index contributed by atoms with van der Waals surface area (Å²) in [7, 11) is 0. The average molecular weight is 193 g/mol. The summed E-state index contributed by atoms with van der Waals surface area (Å²) < 4.78 is 12.8. The third kappa shape index (κ3) is 2.95. The van der Waals surface area contributed by atoms with E-state index in [1.165, 1.54) is 17.7 Å². The Kier molecular flexibility index (Phi) is 3.81. The molecule has 14 heavy (non-hydrogen) atoms. The molecule has 1 atom stereocenters. The third-order valence-corrected chi connectivity index (χ3v) is 2.32. The summed E-state index contributed by atoms with van der Waals surface area (Å²) in [5.74, 6) is 0.0787. The van der Waals surface area contributed by atoms with Crippen molar-refractivity contribution in [3.63, 3.8) is 0 Å². The average Bonchev–Trinajstić information content (AvgIpc) is 2.60. The van der Waals surface area contributed by atoms with Gasteiger partial charge in [0.15, 0.2) is 0 Å². The van der Waals surface area contributed by atoms with Gasteiger partial charge in [-0.2, -0.15) is 0 Å². The summed E-state index contributed by atoms with van der Waals surface area (Å²) in [5.41, 5.74) is 2.38. The van der Waals surface area contributed by atoms with E-state index in [2.05, 4.69) is 11.9 Å². The monoisotopic (exact) mass is 193 g/mol. The van der Waals surface area contributed by atoms with Crippen LogP contribution < -0.4 is 0 Å². The van der Waals surface area contributed by atoms with Gasteiger partial charge in [-0.15, -0.1) is 0 Å². The van der Waals surface area contributed by atoms with Crippen LogP contribution in [-0.4, -0.2) is 5.71 Å². The highest BCUT2D eigenvalue weighted by Crippen LogP contribution is 2.21. The Hall–Kier alpha value is -1.18. The second kappa shape index (κ2) is 4.89. The summed E-state index contributed by atoms with van der Waals surface area (Å²) >= 11 is 0. The van der Waals surface area contributed by atoms with Crippen molar-refractivity contribution in [3.8, 4) is 0 Å². The summed E-state index contributed by atoms with van der Waals surface area (Å²) in [5, 5.41) is 0. The van der Waals surface area contributed by atoms with Crippen molar-refractivity contribution in [2.75, 3.05) is 0 Å². The molecule has 0 saturated carbocycles. The molecular weight excluding hydrogens is 177 g/mol. The number of rotatable bonds is 3. The first-order valence-corrected chi connectivity index (χ1v) is 4.85. The van der Waals surface area contributed by atoms with Gasteiger partial charge in [0.2, 0.25) is 0 Å². The van der Waals surface area contributed by atoms with Gasteiger partial charge in [0.1, 0.15) is 5.83 Å². The Labute approximate surface area is 84.7 Å². The molecule has 0 aromatic carbocycles. The lowest BCUT2D eigenvalue weighted by Gasteiger charge is -2.06. The number of halogens is 1. The van der Waals surface area contributed by atoms with Crippen LogP contribution in [0.15, 0.2) is 40.8 Å². The Bertz CT molecular complexity index is 321. The number of hydrogen-bond donors (Lipinski definition) is 0. The van der Waals surface area contributed by atoms with Crippen LogP contribution in [0.2, 0.25) is 0 Å². The van der Waals surface area contributed by atoms with Crippen LogP contribution in [0.3, 0.4) is 0 Å². The van der Waals surface area contributed by atoms with Crippen molar-refractivity contribution in [3.05, 3.63) is 35.8 Å². The zero-order valence-electron chi connectivity index (χ0n) is 8.92. The minimum atomic E-state index is -0.187. The van der Waals surface area contributed by atoms with Gasteiger partial charge < -0.3 is 0 Å². The molecule has 0 fully saturated rings. The van der Waals surface area contributed by atoms with Crippen molar-refractivity contribution in [1.29, 1.82) is 0 Å². The molecule has 0 aromatic heterocycles. The SMILES string of the molecule is C/C=C(F)\C=C/C(C)C1=CN=C(C)C1. The van der Waals surface area contributed by atoms with E-state index in [-0.39, 0.29) is 11.7 Å². The first-order chi connectivity index (χ1) is 6.63. The van der Waals surface area contributed by atoms with Gasteiger partial charge in [0.05, 0.1) is 0 Å². The summed E-state index contributed by atoms with van der Waals surface area (Å²) in [4.78, 5) is 4.20. The van der Waals surface area contributed by atoms with Gasteiger partial charge in [-0.3, -0.25) is 4.99 Å². The molecule has 0 aromatic rings. The minimum Gasteiger partial charge on any atom is -0.266 e. The van der Waals surface area contributed by atoms with Crippen LogP contribution in [-0.2, 0) is 0 Å². The van der Waals surface area contributed by atoms with Crippen LogP contribution in [0.5, 0.6) is 0 Å². The molecule has 0 saturated heterocycles. The molecule has 0 bridgehead atoms. The molecule has 0 N–H and O–H groups in total. The van der Waals surface area contributed by atoms with Crippen LogP contribution in [0, 0.1) is 5.92 Å². The van der Waals surface area contributed by atoms with E-state index >= 15 is 0 Å². The maximum absolute atomic E-state index is 12.8. The van der Waals surface area contributed by atoms with E-state index < -0.39 is 0 Å². The van der Waals surface area contributed by atoms with E-state index in [1.807, 2.05) is 19.2 Å². The van der Waals surface area contributed by atoms with Crippen LogP contribution in [0.1, 0.15) is 27.2 Å². The highest BCUT2D eigenvalue weighted by Gasteiger charge is 2.10. The van der Waals surface area contributed by atoms with Crippen LogP contribution >= 0.6 is 0 Å². The molecule has 0 radical (unpaired) electrons. The minimum absolute atomic E-state index is 0.187. The van der Waals surface area contributed by atoms with E-state index in [4.69, 9.17) is 0 Å². The Morgan fingerprint density at radius 1 is 1.64 bits per heavy atom. The summed E-state index contributed by atoms with van der Waals surface area (Å²) in [6, 6.07) is 0. The highest BCUT2D eigenvalue weighted by atomic mass is 19.1. The largest absolute Gasteiger partial charge is 0.266 e. The number of allylic oxidation sites excluding steroid dienone is 5. The number of aliphatic imine (C=N–C) groups is 1.